The molecule has 0 aromatic carbocycles. The third kappa shape index (κ3) is 3.48. The van der Waals surface area contributed by atoms with E-state index in [9.17, 15) is 4.79 Å². The largest absolute Gasteiger partial charge is 0.351 e. The Hall–Kier alpha value is -2.11. The van der Waals surface area contributed by atoms with Crippen molar-refractivity contribution in [1.29, 1.82) is 0 Å². The summed E-state index contributed by atoms with van der Waals surface area (Å²) >= 11 is 0. The summed E-state index contributed by atoms with van der Waals surface area (Å²) in [4.78, 5) is 22.5. The zero-order valence-electron chi connectivity index (χ0n) is 14.8. The van der Waals surface area contributed by atoms with Crippen molar-refractivity contribution in [2.24, 2.45) is 0 Å². The Labute approximate surface area is 148 Å². The normalized spacial score (nSPS) is 22.3. The molecule has 2 aliphatic rings. The first-order chi connectivity index (χ1) is 12.2. The van der Waals surface area contributed by atoms with Crippen molar-refractivity contribution in [2.75, 3.05) is 13.1 Å². The molecule has 0 radical (unpaired) electrons. The topological polar surface area (TPSA) is 75.0 Å². The number of imidazole rings is 1. The van der Waals surface area contributed by atoms with Gasteiger partial charge < -0.3 is 14.4 Å². The number of carbonyl (C=O) groups is 1. The molecule has 2 aromatic rings. The Bertz CT molecular complexity index is 729. The number of nitrogens with zero attached hydrogens (tertiary/aromatic N) is 3. The number of piperidine rings is 1. The van der Waals surface area contributed by atoms with Crippen LogP contribution in [-0.4, -0.2) is 39.0 Å². The maximum Gasteiger partial charge on any atom is 0.292 e. The van der Waals surface area contributed by atoms with Crippen molar-refractivity contribution in [3.8, 4) is 0 Å². The van der Waals surface area contributed by atoms with E-state index in [0.29, 0.717) is 18.2 Å². The van der Waals surface area contributed by atoms with Crippen LogP contribution >= 0.6 is 0 Å². The molecule has 6 heteroatoms. The average molecular weight is 342 g/mol. The minimum atomic E-state index is -0.0393. The molecule has 1 amide bonds. The predicted molar refractivity (Wildman–Crippen MR) is 93.5 cm³/mol. The van der Waals surface area contributed by atoms with E-state index in [4.69, 9.17) is 4.52 Å². The molecule has 4 rings (SSSR count). The molecule has 3 heterocycles. The highest BCUT2D eigenvalue weighted by Gasteiger charge is 2.30. The van der Waals surface area contributed by atoms with E-state index in [0.717, 1.165) is 49.4 Å². The van der Waals surface area contributed by atoms with Crippen LogP contribution in [0.2, 0.25) is 0 Å². The molecule has 2 fully saturated rings. The molecule has 134 valence electrons. The molecule has 2 aromatic heterocycles. The second kappa shape index (κ2) is 7.02. The molecule has 1 saturated carbocycles. The number of carbonyl (C=O) groups excluding carboxylic acids is 1. The van der Waals surface area contributed by atoms with Crippen molar-refractivity contribution in [3.05, 3.63) is 35.2 Å². The zero-order chi connectivity index (χ0) is 17.2. The zero-order valence-corrected chi connectivity index (χ0v) is 14.8. The summed E-state index contributed by atoms with van der Waals surface area (Å²) in [7, 11) is 0. The predicted octanol–water partition coefficient (Wildman–Crippen LogP) is 3.77. The van der Waals surface area contributed by atoms with Crippen LogP contribution in [0.5, 0.6) is 0 Å². The van der Waals surface area contributed by atoms with E-state index >= 15 is 0 Å². The van der Waals surface area contributed by atoms with Crippen LogP contribution in [0.15, 0.2) is 16.8 Å². The average Bonchev–Trinajstić information content (AvgIpc) is 3.31. The summed E-state index contributed by atoms with van der Waals surface area (Å²) in [5.74, 6) is 2.06. The number of rotatable bonds is 3. The van der Waals surface area contributed by atoms with Crippen molar-refractivity contribution >= 4 is 5.91 Å². The minimum Gasteiger partial charge on any atom is -0.351 e. The SMILES string of the molecule is Cc1cnc(C2CCCN(C(=O)c3cc(C4CCCCC4)no3)C2)[nH]1. The summed E-state index contributed by atoms with van der Waals surface area (Å²) in [5, 5.41) is 4.20. The first kappa shape index (κ1) is 16.4. The van der Waals surface area contributed by atoms with Crippen LogP contribution in [0.3, 0.4) is 0 Å². The Morgan fingerprint density at radius 1 is 1.20 bits per heavy atom. The summed E-state index contributed by atoms with van der Waals surface area (Å²) in [6.45, 7) is 3.46. The van der Waals surface area contributed by atoms with Crippen LogP contribution in [0, 0.1) is 6.92 Å². The molecule has 1 atom stereocenters. The van der Waals surface area contributed by atoms with Gasteiger partial charge in [0.05, 0.1) is 5.69 Å². The van der Waals surface area contributed by atoms with Gasteiger partial charge in [0.25, 0.3) is 5.91 Å². The van der Waals surface area contributed by atoms with Crippen LogP contribution < -0.4 is 0 Å². The van der Waals surface area contributed by atoms with Crippen LogP contribution in [0.1, 0.15) is 84.5 Å². The molecule has 1 unspecified atom stereocenters. The maximum absolute atomic E-state index is 12.8. The number of amides is 1. The van der Waals surface area contributed by atoms with Gasteiger partial charge in [-0.1, -0.05) is 24.4 Å². The Morgan fingerprint density at radius 3 is 2.76 bits per heavy atom. The summed E-state index contributed by atoms with van der Waals surface area (Å²) in [6.07, 6.45) is 10.0. The third-order valence-corrected chi connectivity index (χ3v) is 5.58. The van der Waals surface area contributed by atoms with Gasteiger partial charge in [-0.3, -0.25) is 4.79 Å². The van der Waals surface area contributed by atoms with Gasteiger partial charge in [0, 0.05) is 42.9 Å². The van der Waals surface area contributed by atoms with Gasteiger partial charge in [0.1, 0.15) is 5.82 Å². The fourth-order valence-corrected chi connectivity index (χ4v) is 4.16. The van der Waals surface area contributed by atoms with Crippen molar-refractivity contribution < 1.29 is 9.32 Å². The van der Waals surface area contributed by atoms with E-state index in [2.05, 4.69) is 15.1 Å². The molecule has 1 N–H and O–H groups in total. The maximum atomic E-state index is 12.8. The van der Waals surface area contributed by atoms with E-state index in [-0.39, 0.29) is 11.8 Å². The van der Waals surface area contributed by atoms with Gasteiger partial charge in [0.15, 0.2) is 0 Å². The quantitative estimate of drug-likeness (QED) is 0.921. The summed E-state index contributed by atoms with van der Waals surface area (Å²) in [5.41, 5.74) is 2.02. The van der Waals surface area contributed by atoms with Crippen molar-refractivity contribution in [2.45, 2.75) is 63.7 Å². The van der Waals surface area contributed by atoms with Gasteiger partial charge in [-0.25, -0.2) is 4.98 Å². The number of aromatic nitrogens is 3. The Kier molecular flexibility index (Phi) is 4.59. The molecule has 0 spiro atoms. The number of hydrogen-bond donors (Lipinski definition) is 1. The highest BCUT2D eigenvalue weighted by molar-refractivity contribution is 5.91. The number of likely N-dealkylation sites (tertiary alicyclic amines) is 1. The third-order valence-electron chi connectivity index (χ3n) is 5.58. The number of hydrogen-bond acceptors (Lipinski definition) is 4. The standard InChI is InChI=1S/C19H26N4O2/c1-13-11-20-18(21-13)15-8-5-9-23(12-15)19(24)17-10-16(22-25-17)14-6-3-2-4-7-14/h10-11,14-15H,2-9,12H2,1H3,(H,20,21). The number of aryl methyl sites for hydroxylation is 1. The second-order valence-electron chi connectivity index (χ2n) is 7.49. The number of H-pyrrole nitrogens is 1. The first-order valence-electron chi connectivity index (χ1n) is 9.48. The van der Waals surface area contributed by atoms with E-state index in [1.54, 1.807) is 0 Å². The Balaban J connectivity index is 1.44. The lowest BCUT2D eigenvalue weighted by Crippen LogP contribution is -2.39. The lowest BCUT2D eigenvalue weighted by atomic mass is 9.87. The molecular formula is C19H26N4O2. The lowest BCUT2D eigenvalue weighted by Gasteiger charge is -2.31. The first-order valence-corrected chi connectivity index (χ1v) is 9.48. The van der Waals surface area contributed by atoms with E-state index < -0.39 is 0 Å². The summed E-state index contributed by atoms with van der Waals surface area (Å²) in [6, 6.07) is 1.87. The molecule has 25 heavy (non-hydrogen) atoms. The molecule has 1 aliphatic heterocycles. The van der Waals surface area contributed by atoms with Crippen molar-refractivity contribution in [3.63, 3.8) is 0 Å². The molecule has 1 aliphatic carbocycles. The molecule has 6 nitrogen and oxygen atoms in total. The second-order valence-corrected chi connectivity index (χ2v) is 7.49. The fraction of sp³-hybridized carbons (Fsp3) is 0.632. The lowest BCUT2D eigenvalue weighted by molar-refractivity contribution is 0.0662. The van der Waals surface area contributed by atoms with Crippen LogP contribution in [-0.2, 0) is 0 Å². The molecule has 1 saturated heterocycles. The number of aromatic amines is 1. The van der Waals surface area contributed by atoms with Gasteiger partial charge in [-0.2, -0.15) is 0 Å². The highest BCUT2D eigenvalue weighted by atomic mass is 16.5. The highest BCUT2D eigenvalue weighted by Crippen LogP contribution is 2.32. The fourth-order valence-electron chi connectivity index (χ4n) is 4.16. The van der Waals surface area contributed by atoms with Crippen molar-refractivity contribution in [1.82, 2.24) is 20.0 Å². The molecule has 0 bridgehead atoms. The Morgan fingerprint density at radius 2 is 2.00 bits per heavy atom. The van der Waals surface area contributed by atoms with E-state index in [1.807, 2.05) is 24.1 Å². The van der Waals surface area contributed by atoms with Gasteiger partial charge in [-0.15, -0.1) is 0 Å². The van der Waals surface area contributed by atoms with Gasteiger partial charge in [-0.05, 0) is 32.6 Å². The van der Waals surface area contributed by atoms with Crippen LogP contribution in [0.4, 0.5) is 0 Å². The van der Waals surface area contributed by atoms with Gasteiger partial charge >= 0.3 is 0 Å². The monoisotopic (exact) mass is 342 g/mol. The minimum absolute atomic E-state index is 0.0393. The molecular weight excluding hydrogens is 316 g/mol. The smallest absolute Gasteiger partial charge is 0.292 e. The summed E-state index contributed by atoms with van der Waals surface area (Å²) < 4.78 is 5.41. The van der Waals surface area contributed by atoms with Crippen LogP contribution in [0.25, 0.3) is 0 Å². The number of nitrogens with one attached hydrogen (secondary N) is 1. The van der Waals surface area contributed by atoms with E-state index in [1.165, 1.54) is 19.3 Å². The van der Waals surface area contributed by atoms with Gasteiger partial charge in [0.2, 0.25) is 5.76 Å².